The lowest BCUT2D eigenvalue weighted by atomic mass is 9.87. The van der Waals surface area contributed by atoms with E-state index in [2.05, 4.69) is 34.4 Å². The van der Waals surface area contributed by atoms with Gasteiger partial charge in [0.15, 0.2) is 22.8 Å². The molecule has 0 aliphatic carbocycles. The molecule has 0 bridgehead atoms. The summed E-state index contributed by atoms with van der Waals surface area (Å²) in [7, 11) is -16.4. The number of carboxylic acids is 1. The SMILES string of the molecule is CC(C)(COP(=O)(O)OP(=O)(O)OC[C@@H]1O[C@H](n2cnc3c(N)ncnc32)C(O)C1OP(=O)(O)O)[C@H](O)C(=O)NCCC(=O)NCCSC(=O)CC(=O)[O-]. The molecule has 0 saturated carbocycles. The van der Waals surface area contributed by atoms with Gasteiger partial charge in [-0.1, -0.05) is 25.6 Å². The van der Waals surface area contributed by atoms with Crippen LogP contribution in [-0.4, -0.2) is 129 Å². The smallest absolute Gasteiger partial charge is 0.481 e. The molecule has 1 fully saturated rings. The zero-order valence-corrected chi connectivity index (χ0v) is 31.6. The molecular weight excluding hydrogens is 815 g/mol. The molecule has 1 saturated heterocycles. The van der Waals surface area contributed by atoms with Crippen LogP contribution in [0, 0.1) is 5.41 Å². The molecule has 26 nitrogen and oxygen atoms in total. The minimum absolute atomic E-state index is 0.0121. The summed E-state index contributed by atoms with van der Waals surface area (Å²) in [6, 6.07) is 0. The number of aliphatic hydroxyl groups excluding tert-OH is 2. The predicted molar refractivity (Wildman–Crippen MR) is 177 cm³/mol. The highest BCUT2D eigenvalue weighted by Crippen LogP contribution is 2.61. The summed E-state index contributed by atoms with van der Waals surface area (Å²) in [4.78, 5) is 96.8. The second-order valence-electron chi connectivity index (χ2n) is 11.8. The average molecular weight is 853 g/mol. The number of nitrogens with zero attached hydrogens (tertiary/aromatic N) is 4. The number of ether oxygens (including phenoxy) is 1. The number of carbonyl (C=O) groups is 4. The lowest BCUT2D eigenvalue weighted by Crippen LogP contribution is -2.46. The van der Waals surface area contributed by atoms with E-state index < -0.39 is 102 Å². The monoisotopic (exact) mass is 852 g/mol. The normalized spacial score (nSPS) is 21.9. The summed E-state index contributed by atoms with van der Waals surface area (Å²) in [5, 5.41) is 35.7. The van der Waals surface area contributed by atoms with Crippen LogP contribution < -0.4 is 21.5 Å². The third kappa shape index (κ3) is 13.6. The third-order valence-corrected chi connectivity index (χ3v) is 11.0. The highest BCUT2D eigenvalue weighted by molar-refractivity contribution is 8.13. The van der Waals surface area contributed by atoms with Crippen molar-refractivity contribution < 1.29 is 90.4 Å². The zero-order valence-electron chi connectivity index (χ0n) is 28.1. The third-order valence-electron chi connectivity index (χ3n) is 7.05. The van der Waals surface area contributed by atoms with Gasteiger partial charge in [-0.05, 0) is 0 Å². The topological polar surface area (TPSA) is 404 Å². The molecule has 304 valence electrons. The van der Waals surface area contributed by atoms with Gasteiger partial charge in [0.05, 0.1) is 26.0 Å². The zero-order chi connectivity index (χ0) is 40.6. The minimum atomic E-state index is -5.59. The van der Waals surface area contributed by atoms with Crippen molar-refractivity contribution in [2.75, 3.05) is 37.8 Å². The molecule has 2 amide bonds. The Labute approximate surface area is 308 Å². The first-order valence-electron chi connectivity index (χ1n) is 15.2. The number of hydrogen-bond donors (Lipinski definition) is 9. The van der Waals surface area contributed by atoms with Gasteiger partial charge in [0.25, 0.3) is 0 Å². The van der Waals surface area contributed by atoms with Crippen molar-refractivity contribution in [3.8, 4) is 0 Å². The first-order valence-corrected chi connectivity index (χ1v) is 20.7. The quantitative estimate of drug-likeness (QED) is 0.0339. The van der Waals surface area contributed by atoms with Gasteiger partial charge in [0.2, 0.25) is 11.8 Å². The number of anilines is 1. The molecular formula is C24H37N7O19P3S-. The fraction of sp³-hybridized carbons (Fsp3) is 0.625. The number of aliphatic hydroxyl groups is 2. The number of amides is 2. The van der Waals surface area contributed by atoms with Crippen molar-refractivity contribution >= 4 is 75.1 Å². The Morgan fingerprint density at radius 2 is 1.74 bits per heavy atom. The van der Waals surface area contributed by atoms with E-state index >= 15 is 0 Å². The van der Waals surface area contributed by atoms with Gasteiger partial charge in [-0.25, -0.2) is 28.6 Å². The number of phosphoric ester groups is 3. The number of carboxylic acid groups (broad SMARTS) is 1. The number of thioether (sulfide) groups is 1. The summed E-state index contributed by atoms with van der Waals surface area (Å²) in [6.45, 7) is 0.0894. The molecule has 4 unspecified atom stereocenters. The number of hydrogen-bond acceptors (Lipinski definition) is 20. The van der Waals surface area contributed by atoms with Crippen LogP contribution >= 0.6 is 35.2 Å². The summed E-state index contributed by atoms with van der Waals surface area (Å²) in [5.74, 6) is -3.09. The van der Waals surface area contributed by atoms with Crippen LogP contribution in [0.3, 0.4) is 0 Å². The number of phosphoric acid groups is 3. The van der Waals surface area contributed by atoms with E-state index in [0.717, 1.165) is 17.2 Å². The molecule has 0 aromatic carbocycles. The molecule has 7 atom stereocenters. The molecule has 2 aromatic rings. The van der Waals surface area contributed by atoms with E-state index in [1.165, 1.54) is 13.8 Å². The van der Waals surface area contributed by atoms with Crippen LogP contribution in [0.25, 0.3) is 11.2 Å². The van der Waals surface area contributed by atoms with E-state index in [-0.39, 0.29) is 42.2 Å². The van der Waals surface area contributed by atoms with Gasteiger partial charge in [-0.2, -0.15) is 4.31 Å². The van der Waals surface area contributed by atoms with Crippen molar-refractivity contribution in [1.29, 1.82) is 0 Å². The van der Waals surface area contributed by atoms with E-state index in [1.54, 1.807) is 0 Å². The first-order chi connectivity index (χ1) is 24.9. The molecule has 3 rings (SSSR count). The highest BCUT2D eigenvalue weighted by atomic mass is 32.2. The van der Waals surface area contributed by atoms with E-state index in [1.807, 2.05) is 0 Å². The Balaban J connectivity index is 1.51. The minimum Gasteiger partial charge on any atom is -0.550 e. The molecule has 1 aliphatic rings. The standard InChI is InChI=1S/C24H38N7O19P3S/c1-24(2,19(37)22(38)27-4-3-13(32)26-5-6-54-15(35)7-14(33)34)9-47-53(44,45)50-52(42,43)46-8-12-18(49-51(39,40)41)17(36)23(48-12)31-11-30-16-20(25)28-10-29-21(16)31/h10-12,17-19,23,36-37H,3-9H2,1-2H3,(H,26,32)(H,27,38)(H,33,34)(H,42,43)(H,44,45)(H2,25,28,29)(H2,39,40,41)/p-1/t12-,17?,18?,19+,23-/m0/s1. The Morgan fingerprint density at radius 1 is 1.07 bits per heavy atom. The number of rotatable bonds is 21. The van der Waals surface area contributed by atoms with Gasteiger partial charge in [0, 0.05) is 36.6 Å². The maximum atomic E-state index is 12.6. The van der Waals surface area contributed by atoms with Gasteiger partial charge in [-0.15, -0.1) is 0 Å². The fourth-order valence-corrected chi connectivity index (χ4v) is 7.94. The molecule has 2 aromatic heterocycles. The van der Waals surface area contributed by atoms with Crippen LogP contribution in [0.5, 0.6) is 0 Å². The van der Waals surface area contributed by atoms with Crippen LogP contribution in [0.15, 0.2) is 12.7 Å². The maximum Gasteiger partial charge on any atom is 0.481 e. The fourth-order valence-electron chi connectivity index (χ4n) is 4.46. The van der Waals surface area contributed by atoms with Crippen molar-refractivity contribution in [1.82, 2.24) is 30.2 Å². The van der Waals surface area contributed by atoms with Crippen LogP contribution in [0.1, 0.15) is 32.9 Å². The molecule has 30 heteroatoms. The van der Waals surface area contributed by atoms with Gasteiger partial charge >= 0.3 is 23.5 Å². The Kier molecular flexibility index (Phi) is 15.8. The van der Waals surface area contributed by atoms with Crippen molar-refractivity contribution in [3.63, 3.8) is 0 Å². The number of carbonyl (C=O) groups excluding carboxylic acids is 4. The number of nitrogen functional groups attached to an aromatic ring is 1. The van der Waals surface area contributed by atoms with Crippen molar-refractivity contribution in [2.24, 2.45) is 5.41 Å². The maximum absolute atomic E-state index is 12.6. The van der Waals surface area contributed by atoms with Crippen LogP contribution in [0.4, 0.5) is 5.82 Å². The van der Waals surface area contributed by atoms with Gasteiger partial charge in [-0.3, -0.25) is 32.5 Å². The highest BCUT2D eigenvalue weighted by Gasteiger charge is 2.50. The Morgan fingerprint density at radius 3 is 2.39 bits per heavy atom. The number of aliphatic carboxylic acids is 1. The van der Waals surface area contributed by atoms with Gasteiger partial charge < -0.3 is 60.8 Å². The summed E-state index contributed by atoms with van der Waals surface area (Å²) >= 11 is 0.678. The number of imidazole rings is 1. The van der Waals surface area contributed by atoms with E-state index in [9.17, 15) is 67.8 Å². The number of nitrogens with one attached hydrogen (secondary N) is 2. The Hall–Kier alpha value is -2.97. The number of fused-ring (bicyclic) bond motifs is 1. The summed E-state index contributed by atoms with van der Waals surface area (Å²) in [5.41, 5.74) is 4.18. The molecule has 1 aliphatic heterocycles. The summed E-state index contributed by atoms with van der Waals surface area (Å²) < 4.78 is 61.8. The van der Waals surface area contributed by atoms with Crippen LogP contribution in [-0.2, 0) is 55.5 Å². The van der Waals surface area contributed by atoms with Crippen molar-refractivity contribution in [2.45, 2.75) is 57.3 Å². The number of nitrogens with two attached hydrogens (primary N) is 1. The lowest BCUT2D eigenvalue weighted by Gasteiger charge is -2.30. The Bertz CT molecular complexity index is 1830. The van der Waals surface area contributed by atoms with E-state index in [0.29, 0.717) is 11.8 Å². The molecule has 0 radical (unpaired) electrons. The number of aromatic nitrogens is 4. The first kappa shape index (κ1) is 45.4. The second kappa shape index (κ2) is 18.8. The van der Waals surface area contributed by atoms with E-state index in [4.69, 9.17) is 19.5 Å². The lowest BCUT2D eigenvalue weighted by molar-refractivity contribution is -0.304. The molecule has 0 spiro atoms. The molecule has 10 N–H and O–H groups in total. The molecule has 54 heavy (non-hydrogen) atoms. The predicted octanol–water partition coefficient (Wildman–Crippen LogP) is -3.20. The van der Waals surface area contributed by atoms with Gasteiger partial charge in [0.1, 0.15) is 36.3 Å². The van der Waals surface area contributed by atoms with Crippen LogP contribution in [0.2, 0.25) is 0 Å². The average Bonchev–Trinajstić information content (AvgIpc) is 3.60. The largest absolute Gasteiger partial charge is 0.550 e. The second-order valence-corrected chi connectivity index (χ2v) is 17.2. The van der Waals surface area contributed by atoms with Crippen molar-refractivity contribution in [3.05, 3.63) is 12.7 Å². The summed E-state index contributed by atoms with van der Waals surface area (Å²) in [6.07, 6.45) is -7.92. The molecule has 3 heterocycles.